The number of Topliss-reactive ketones (excluding diaryl/α,β-unsaturated/α-hetero) is 1. The Bertz CT molecular complexity index is 1060. The normalized spacial score (nSPS) is 13.9. The quantitative estimate of drug-likeness (QED) is 0.698. The van der Waals surface area contributed by atoms with E-state index in [1.165, 1.54) is 23.9 Å². The first-order valence-corrected chi connectivity index (χ1v) is 10.6. The second kappa shape index (κ2) is 9.38. The molecule has 1 saturated heterocycles. The van der Waals surface area contributed by atoms with Crippen molar-refractivity contribution in [1.29, 1.82) is 0 Å². The van der Waals surface area contributed by atoms with Gasteiger partial charge in [-0.3, -0.25) is 14.4 Å². The highest BCUT2D eigenvalue weighted by molar-refractivity contribution is 6.00. The molecule has 1 aliphatic rings. The summed E-state index contributed by atoms with van der Waals surface area (Å²) in [7, 11) is 1.44. The molecule has 1 N–H and O–H groups in total. The average Bonchev–Trinajstić information content (AvgIpc) is 2.70. The van der Waals surface area contributed by atoms with Crippen molar-refractivity contribution in [2.75, 3.05) is 20.1 Å². The van der Waals surface area contributed by atoms with Gasteiger partial charge in [0.25, 0.3) is 11.5 Å². The molecule has 1 aliphatic heterocycles. The first-order valence-electron chi connectivity index (χ1n) is 10.6. The van der Waals surface area contributed by atoms with Crippen LogP contribution in [0.4, 0.5) is 4.79 Å². The van der Waals surface area contributed by atoms with E-state index in [4.69, 9.17) is 4.74 Å². The minimum Gasteiger partial charge on any atom is -0.444 e. The summed E-state index contributed by atoms with van der Waals surface area (Å²) in [6.45, 7) is 6.54. The molecule has 8 nitrogen and oxygen atoms in total. The van der Waals surface area contributed by atoms with Gasteiger partial charge in [0, 0.05) is 44.2 Å². The summed E-state index contributed by atoms with van der Waals surface area (Å²) in [6.07, 6.45) is 1.34. The number of ketones is 1. The predicted octanol–water partition coefficient (Wildman–Crippen LogP) is 2.70. The van der Waals surface area contributed by atoms with Gasteiger partial charge in [-0.2, -0.15) is 0 Å². The highest BCUT2D eigenvalue weighted by atomic mass is 16.6. The molecule has 2 aromatic rings. The van der Waals surface area contributed by atoms with E-state index >= 15 is 0 Å². The van der Waals surface area contributed by atoms with Crippen LogP contribution in [0.25, 0.3) is 0 Å². The summed E-state index contributed by atoms with van der Waals surface area (Å²) in [5, 5.41) is 2.46. The zero-order chi connectivity index (χ0) is 23.5. The van der Waals surface area contributed by atoms with Crippen LogP contribution in [0.5, 0.6) is 0 Å². The van der Waals surface area contributed by atoms with E-state index < -0.39 is 17.1 Å². The minimum absolute atomic E-state index is 0.00738. The smallest absolute Gasteiger partial charge is 0.410 e. The lowest BCUT2D eigenvalue weighted by Crippen LogP contribution is -2.52. The molecule has 3 rings (SSSR count). The van der Waals surface area contributed by atoms with Crippen LogP contribution in [0.15, 0.2) is 47.4 Å². The Morgan fingerprint density at radius 3 is 2.38 bits per heavy atom. The van der Waals surface area contributed by atoms with Gasteiger partial charge in [-0.1, -0.05) is 30.3 Å². The van der Waals surface area contributed by atoms with Crippen molar-refractivity contribution < 1.29 is 19.1 Å². The van der Waals surface area contributed by atoms with Crippen molar-refractivity contribution in [2.24, 2.45) is 5.92 Å². The zero-order valence-electron chi connectivity index (χ0n) is 18.9. The number of nitrogens with one attached hydrogen (secondary N) is 1. The van der Waals surface area contributed by atoms with Crippen LogP contribution in [0, 0.1) is 5.92 Å². The van der Waals surface area contributed by atoms with Gasteiger partial charge in [-0.15, -0.1) is 0 Å². The van der Waals surface area contributed by atoms with E-state index in [1.807, 2.05) is 30.3 Å². The van der Waals surface area contributed by atoms with E-state index in [0.29, 0.717) is 18.7 Å². The van der Waals surface area contributed by atoms with Crippen molar-refractivity contribution >= 4 is 17.8 Å². The second-order valence-corrected chi connectivity index (χ2v) is 9.02. The maximum atomic E-state index is 13.0. The maximum absolute atomic E-state index is 13.0. The van der Waals surface area contributed by atoms with E-state index in [-0.39, 0.29) is 36.3 Å². The third-order valence-electron chi connectivity index (χ3n) is 5.16. The highest BCUT2D eigenvalue weighted by Gasteiger charge is 2.35. The lowest BCUT2D eigenvalue weighted by Gasteiger charge is -2.39. The fourth-order valence-corrected chi connectivity index (χ4v) is 3.54. The van der Waals surface area contributed by atoms with Crippen LogP contribution < -0.4 is 10.9 Å². The van der Waals surface area contributed by atoms with Gasteiger partial charge in [0.1, 0.15) is 11.2 Å². The van der Waals surface area contributed by atoms with Crippen LogP contribution in [0.3, 0.4) is 0 Å². The fraction of sp³-hybridized carbons (Fsp3) is 0.417. The van der Waals surface area contributed by atoms with Crippen molar-refractivity contribution in [3.8, 4) is 0 Å². The number of pyridine rings is 1. The Balaban J connectivity index is 1.75. The highest BCUT2D eigenvalue weighted by Crippen LogP contribution is 2.23. The number of carbonyl (C=O) groups is 3. The van der Waals surface area contributed by atoms with Gasteiger partial charge in [0.2, 0.25) is 0 Å². The number of ether oxygens (including phenoxy) is 1. The summed E-state index contributed by atoms with van der Waals surface area (Å²) in [6, 6.07) is 10.7. The summed E-state index contributed by atoms with van der Waals surface area (Å²) >= 11 is 0. The first-order chi connectivity index (χ1) is 15.1. The van der Waals surface area contributed by atoms with Crippen molar-refractivity contribution in [3.05, 3.63) is 69.6 Å². The molecule has 1 aromatic carbocycles. The summed E-state index contributed by atoms with van der Waals surface area (Å²) in [5.41, 5.74) is 0.0902. The molecule has 2 amide bonds. The summed E-state index contributed by atoms with van der Waals surface area (Å²) in [5.74, 6) is -0.704. The van der Waals surface area contributed by atoms with Crippen LogP contribution in [0.2, 0.25) is 0 Å². The largest absolute Gasteiger partial charge is 0.444 e. The molecule has 32 heavy (non-hydrogen) atoms. The van der Waals surface area contributed by atoms with E-state index in [2.05, 4.69) is 5.32 Å². The molecular weight excluding hydrogens is 410 g/mol. The average molecular weight is 440 g/mol. The number of aromatic nitrogens is 1. The number of nitrogens with zero attached hydrogens (tertiary/aromatic N) is 2. The Kier molecular flexibility index (Phi) is 6.81. The van der Waals surface area contributed by atoms with Gasteiger partial charge in [-0.25, -0.2) is 4.79 Å². The Morgan fingerprint density at radius 2 is 1.78 bits per heavy atom. The second-order valence-electron chi connectivity index (χ2n) is 9.02. The predicted molar refractivity (Wildman–Crippen MR) is 120 cm³/mol. The molecule has 8 heteroatoms. The molecule has 0 aliphatic carbocycles. The number of amides is 2. The van der Waals surface area contributed by atoms with Gasteiger partial charge < -0.3 is 19.5 Å². The number of carbonyl (C=O) groups excluding carboxylic acids is 3. The molecule has 0 unspecified atom stereocenters. The zero-order valence-corrected chi connectivity index (χ0v) is 18.9. The van der Waals surface area contributed by atoms with E-state index in [9.17, 15) is 19.2 Å². The van der Waals surface area contributed by atoms with Crippen molar-refractivity contribution in [1.82, 2.24) is 14.8 Å². The molecule has 170 valence electrons. The Labute approximate surface area is 187 Å². The monoisotopic (exact) mass is 439 g/mol. The molecular formula is C24H29N3O5. The number of likely N-dealkylation sites (tertiary alicyclic amines) is 1. The Morgan fingerprint density at radius 1 is 1.12 bits per heavy atom. The van der Waals surface area contributed by atoms with E-state index in [0.717, 1.165) is 5.56 Å². The van der Waals surface area contributed by atoms with Crippen LogP contribution >= 0.6 is 0 Å². The van der Waals surface area contributed by atoms with Gasteiger partial charge in [0.05, 0.1) is 6.54 Å². The van der Waals surface area contributed by atoms with Gasteiger partial charge >= 0.3 is 6.09 Å². The standard InChI is InChI=1S/C24H29N3O5/c1-24(2,3)32-23(31)27-13-17(14-27)10-20(28)18-11-19(21(29)25-4)22(30)26(15-18)12-16-8-6-5-7-9-16/h5-9,11,15,17H,10,12-14H2,1-4H3,(H,25,29). The molecule has 1 fully saturated rings. The topological polar surface area (TPSA) is 97.7 Å². The first kappa shape index (κ1) is 23.2. The van der Waals surface area contributed by atoms with Crippen LogP contribution in [-0.4, -0.2) is 53.0 Å². The molecule has 0 atom stereocenters. The van der Waals surface area contributed by atoms with Crippen LogP contribution in [-0.2, 0) is 11.3 Å². The number of hydrogen-bond donors (Lipinski definition) is 1. The minimum atomic E-state index is -0.569. The van der Waals surface area contributed by atoms with E-state index in [1.54, 1.807) is 25.7 Å². The number of benzene rings is 1. The molecule has 1 aromatic heterocycles. The molecule has 0 spiro atoms. The third-order valence-corrected chi connectivity index (χ3v) is 5.16. The molecule has 0 saturated carbocycles. The number of rotatable bonds is 6. The Hall–Kier alpha value is -3.42. The summed E-state index contributed by atoms with van der Waals surface area (Å²) < 4.78 is 6.73. The summed E-state index contributed by atoms with van der Waals surface area (Å²) in [4.78, 5) is 51.6. The maximum Gasteiger partial charge on any atom is 0.410 e. The van der Waals surface area contributed by atoms with Gasteiger partial charge in [-0.05, 0) is 32.4 Å². The lowest BCUT2D eigenvalue weighted by molar-refractivity contribution is -0.00174. The van der Waals surface area contributed by atoms with Crippen LogP contribution in [0.1, 0.15) is 53.5 Å². The molecule has 0 radical (unpaired) electrons. The van der Waals surface area contributed by atoms with Crippen molar-refractivity contribution in [2.45, 2.75) is 39.3 Å². The molecule has 0 bridgehead atoms. The lowest BCUT2D eigenvalue weighted by atomic mass is 9.92. The fourth-order valence-electron chi connectivity index (χ4n) is 3.54. The molecule has 2 heterocycles. The van der Waals surface area contributed by atoms with Gasteiger partial charge in [0.15, 0.2) is 5.78 Å². The van der Waals surface area contributed by atoms with Crippen molar-refractivity contribution in [3.63, 3.8) is 0 Å². The number of hydrogen-bond acceptors (Lipinski definition) is 5. The SMILES string of the molecule is CNC(=O)c1cc(C(=O)CC2CN(C(=O)OC(C)(C)C)C2)cn(Cc2ccccc2)c1=O. The third kappa shape index (κ3) is 5.63.